The van der Waals surface area contributed by atoms with Crippen LogP contribution in [0.5, 0.6) is 0 Å². The van der Waals surface area contributed by atoms with Gasteiger partial charge in [0, 0.05) is 0 Å². The number of carbonyl (C=O) groups is 1. The summed E-state index contributed by atoms with van der Waals surface area (Å²) in [4.78, 5) is 20.1. The summed E-state index contributed by atoms with van der Waals surface area (Å²) in [6.45, 7) is 2.89. The van der Waals surface area contributed by atoms with Crippen molar-refractivity contribution in [1.82, 2.24) is 9.78 Å². The molecular weight excluding hydrogens is 190 g/mol. The first-order valence-electron chi connectivity index (χ1n) is 3.85. The Hall–Kier alpha value is -1.92. The van der Waals surface area contributed by atoms with Gasteiger partial charge in [0.15, 0.2) is 0 Å². The summed E-state index contributed by atoms with van der Waals surface area (Å²) in [7, 11) is 0. The van der Waals surface area contributed by atoms with Crippen molar-refractivity contribution in [1.29, 1.82) is 0 Å². The minimum Gasteiger partial charge on any atom is -0.548 e. The van der Waals surface area contributed by atoms with Crippen molar-refractivity contribution in [2.75, 3.05) is 0 Å². The minimum atomic E-state index is -1.33. The third kappa shape index (κ3) is 1.70. The van der Waals surface area contributed by atoms with Crippen LogP contribution in [-0.2, 0) is 4.79 Å². The molecule has 1 aromatic heterocycles. The Balaban J connectivity index is 3.10. The van der Waals surface area contributed by atoms with Crippen molar-refractivity contribution in [3.05, 3.63) is 21.9 Å². The molecule has 0 saturated carbocycles. The van der Waals surface area contributed by atoms with E-state index in [-0.39, 0.29) is 5.82 Å². The average Bonchev–Trinajstić information content (AvgIpc) is 2.46. The molecule has 1 atom stereocenters. The highest BCUT2D eigenvalue weighted by molar-refractivity contribution is 5.69. The zero-order valence-electron chi connectivity index (χ0n) is 7.63. The maximum atomic E-state index is 10.5. The maximum Gasteiger partial charge on any atom is 0.390 e. The molecule has 1 heterocycles. The van der Waals surface area contributed by atoms with Crippen LogP contribution in [0.25, 0.3) is 0 Å². The normalized spacial score (nSPS) is 12.4. The van der Waals surface area contributed by atoms with Crippen LogP contribution in [0.15, 0.2) is 6.07 Å². The van der Waals surface area contributed by atoms with E-state index in [0.29, 0.717) is 5.69 Å². The second-order valence-corrected chi connectivity index (χ2v) is 2.84. The molecule has 76 valence electrons. The first kappa shape index (κ1) is 10.2. The van der Waals surface area contributed by atoms with Gasteiger partial charge in [-0.3, -0.25) is 0 Å². The molecule has 0 aromatic carbocycles. The monoisotopic (exact) mass is 198 g/mol. The van der Waals surface area contributed by atoms with Crippen molar-refractivity contribution >= 4 is 11.8 Å². The molecule has 14 heavy (non-hydrogen) atoms. The number of carbonyl (C=O) groups excluding carboxylic acids is 1. The lowest BCUT2D eigenvalue weighted by molar-refractivity contribution is -0.389. The van der Waals surface area contributed by atoms with Gasteiger partial charge in [0.25, 0.3) is 0 Å². The number of aliphatic carboxylic acids is 1. The predicted molar refractivity (Wildman–Crippen MR) is 43.3 cm³/mol. The fourth-order valence-electron chi connectivity index (χ4n) is 1.05. The quantitative estimate of drug-likeness (QED) is 0.477. The third-order valence-electron chi connectivity index (χ3n) is 1.80. The van der Waals surface area contributed by atoms with E-state index in [9.17, 15) is 20.0 Å². The Morgan fingerprint density at radius 2 is 2.29 bits per heavy atom. The average molecular weight is 198 g/mol. The molecule has 0 fully saturated rings. The first-order valence-corrected chi connectivity index (χ1v) is 3.85. The van der Waals surface area contributed by atoms with Gasteiger partial charge in [0.05, 0.1) is 22.8 Å². The molecule has 1 aromatic rings. The second kappa shape index (κ2) is 3.44. The van der Waals surface area contributed by atoms with Crippen LogP contribution in [0.1, 0.15) is 18.7 Å². The number of hydrogen-bond acceptors (Lipinski definition) is 5. The van der Waals surface area contributed by atoms with Crippen LogP contribution in [0.3, 0.4) is 0 Å². The molecule has 1 rings (SSSR count). The van der Waals surface area contributed by atoms with Gasteiger partial charge in [-0.2, -0.15) is 4.68 Å². The van der Waals surface area contributed by atoms with Gasteiger partial charge >= 0.3 is 5.82 Å². The SMILES string of the molecule is Cc1cc([N+](=O)[O-])nn1[C@H](C)C(=O)[O-]. The van der Waals surface area contributed by atoms with E-state index in [1.165, 1.54) is 13.0 Å². The summed E-state index contributed by atoms with van der Waals surface area (Å²) in [5, 5.41) is 24.3. The van der Waals surface area contributed by atoms with Crippen molar-refractivity contribution < 1.29 is 14.8 Å². The van der Waals surface area contributed by atoms with Crippen molar-refractivity contribution in [2.24, 2.45) is 0 Å². The Kier molecular flexibility index (Phi) is 2.50. The van der Waals surface area contributed by atoms with E-state index in [1.807, 2.05) is 0 Å². The Labute approximate surface area is 79.1 Å². The topological polar surface area (TPSA) is 101 Å². The molecule has 7 heteroatoms. The van der Waals surface area contributed by atoms with E-state index < -0.39 is 16.9 Å². The smallest absolute Gasteiger partial charge is 0.390 e. The molecule has 0 amide bonds. The molecule has 0 unspecified atom stereocenters. The van der Waals surface area contributed by atoms with Crippen LogP contribution in [0.4, 0.5) is 5.82 Å². The van der Waals surface area contributed by atoms with Crippen LogP contribution in [0, 0.1) is 17.0 Å². The Bertz CT molecular complexity index is 384. The number of hydrogen-bond donors (Lipinski definition) is 0. The molecule has 0 aliphatic heterocycles. The maximum absolute atomic E-state index is 10.5. The van der Waals surface area contributed by atoms with Gasteiger partial charge in [0.1, 0.15) is 6.04 Å². The molecule has 0 radical (unpaired) electrons. The van der Waals surface area contributed by atoms with E-state index in [4.69, 9.17) is 0 Å². The number of aryl methyl sites for hydroxylation is 1. The molecule has 0 aliphatic carbocycles. The summed E-state index contributed by atoms with van der Waals surface area (Å²) >= 11 is 0. The van der Waals surface area contributed by atoms with Crippen LogP contribution >= 0.6 is 0 Å². The number of nitrogens with zero attached hydrogens (tertiary/aromatic N) is 3. The van der Waals surface area contributed by atoms with Crippen LogP contribution < -0.4 is 5.11 Å². The number of nitro groups is 1. The van der Waals surface area contributed by atoms with Gasteiger partial charge in [-0.25, -0.2) is 0 Å². The van der Waals surface area contributed by atoms with Crippen LogP contribution in [0.2, 0.25) is 0 Å². The molecule has 0 saturated heterocycles. The van der Waals surface area contributed by atoms with E-state index >= 15 is 0 Å². The molecule has 0 aliphatic rings. The van der Waals surface area contributed by atoms with Gasteiger partial charge < -0.3 is 20.0 Å². The molecular formula is C7H8N3O4-. The fourth-order valence-corrected chi connectivity index (χ4v) is 1.05. The number of carboxylic acids is 1. The first-order chi connectivity index (χ1) is 6.43. The van der Waals surface area contributed by atoms with Crippen molar-refractivity contribution in [2.45, 2.75) is 19.9 Å². The zero-order chi connectivity index (χ0) is 10.9. The number of aromatic nitrogens is 2. The van der Waals surface area contributed by atoms with Gasteiger partial charge in [0.2, 0.25) is 0 Å². The molecule has 0 spiro atoms. The molecule has 0 N–H and O–H groups in total. The highest BCUT2D eigenvalue weighted by atomic mass is 16.6. The predicted octanol–water partition coefficient (Wildman–Crippen LogP) is -0.589. The van der Waals surface area contributed by atoms with Crippen LogP contribution in [-0.4, -0.2) is 20.7 Å². The number of carboxylic acid groups (broad SMARTS) is 1. The number of rotatable bonds is 3. The van der Waals surface area contributed by atoms with E-state index in [0.717, 1.165) is 4.68 Å². The minimum absolute atomic E-state index is 0.365. The van der Waals surface area contributed by atoms with E-state index in [1.54, 1.807) is 6.92 Å². The molecule has 7 nitrogen and oxygen atoms in total. The summed E-state index contributed by atoms with van der Waals surface area (Å²) in [6.07, 6.45) is 0. The Morgan fingerprint density at radius 3 is 2.64 bits per heavy atom. The zero-order valence-corrected chi connectivity index (χ0v) is 7.63. The summed E-state index contributed by atoms with van der Waals surface area (Å²) < 4.78 is 1.05. The highest BCUT2D eigenvalue weighted by Crippen LogP contribution is 2.15. The largest absolute Gasteiger partial charge is 0.548 e. The lowest BCUT2D eigenvalue weighted by atomic mass is 10.3. The highest BCUT2D eigenvalue weighted by Gasteiger charge is 2.19. The fraction of sp³-hybridized carbons (Fsp3) is 0.429. The lowest BCUT2D eigenvalue weighted by Gasteiger charge is -2.10. The molecule has 0 bridgehead atoms. The Morgan fingerprint density at radius 1 is 1.71 bits per heavy atom. The van der Waals surface area contributed by atoms with Gasteiger partial charge in [-0.1, -0.05) is 0 Å². The standard InChI is InChI=1S/C7H9N3O4/c1-4-3-6(10(13)14)8-9(4)5(2)7(11)12/h3,5H,1-2H3,(H,11,12)/p-1/t5-/m1/s1. The second-order valence-electron chi connectivity index (χ2n) is 2.84. The summed E-state index contributed by atoms with van der Waals surface area (Å²) in [5.74, 6) is -1.69. The lowest BCUT2D eigenvalue weighted by Crippen LogP contribution is -2.32. The third-order valence-corrected chi connectivity index (χ3v) is 1.80. The van der Waals surface area contributed by atoms with Gasteiger partial charge in [-0.05, 0) is 18.8 Å². The summed E-state index contributed by atoms with van der Waals surface area (Å²) in [6, 6.07) is 0.197. The van der Waals surface area contributed by atoms with Gasteiger partial charge in [-0.15, -0.1) is 0 Å². The van der Waals surface area contributed by atoms with E-state index in [2.05, 4.69) is 5.10 Å². The summed E-state index contributed by atoms with van der Waals surface area (Å²) in [5.41, 5.74) is 0.411. The van der Waals surface area contributed by atoms with Crippen molar-refractivity contribution in [3.8, 4) is 0 Å². The van der Waals surface area contributed by atoms with Crippen molar-refractivity contribution in [3.63, 3.8) is 0 Å².